The number of carbonyl (C=O) groups is 1. The van der Waals surface area contributed by atoms with Crippen molar-refractivity contribution in [2.45, 2.75) is 50.7 Å². The second-order valence-electron chi connectivity index (χ2n) is 8.18. The van der Waals surface area contributed by atoms with Gasteiger partial charge in [0.15, 0.2) is 0 Å². The van der Waals surface area contributed by atoms with E-state index in [0.717, 1.165) is 56.5 Å². The van der Waals surface area contributed by atoms with Crippen LogP contribution < -0.4 is 10.2 Å². The summed E-state index contributed by atoms with van der Waals surface area (Å²) < 4.78 is 14.0. The topological polar surface area (TPSA) is 65.5 Å². The summed E-state index contributed by atoms with van der Waals surface area (Å²) in [5.74, 6) is 0.623. The molecule has 0 bridgehead atoms. The molecule has 1 unspecified atom stereocenters. The van der Waals surface area contributed by atoms with Crippen LogP contribution in [0.3, 0.4) is 0 Å². The second-order valence-corrected chi connectivity index (χ2v) is 8.18. The van der Waals surface area contributed by atoms with Gasteiger partial charge in [-0.3, -0.25) is 4.79 Å². The molecule has 5 nitrogen and oxygen atoms in total. The van der Waals surface area contributed by atoms with Crippen LogP contribution in [-0.4, -0.2) is 41.2 Å². The van der Waals surface area contributed by atoms with Crippen LogP contribution in [0.4, 0.5) is 10.2 Å². The lowest BCUT2D eigenvalue weighted by molar-refractivity contribution is -0.126. The number of benzene rings is 1. The fourth-order valence-electron chi connectivity index (χ4n) is 4.37. The minimum Gasteiger partial charge on any atom is -0.393 e. The lowest BCUT2D eigenvalue weighted by Gasteiger charge is -2.34. The Labute approximate surface area is 171 Å². The van der Waals surface area contributed by atoms with Crippen LogP contribution in [0.5, 0.6) is 0 Å². The van der Waals surface area contributed by atoms with Crippen LogP contribution in [0.1, 0.15) is 38.5 Å². The summed E-state index contributed by atoms with van der Waals surface area (Å²) >= 11 is 0. The summed E-state index contributed by atoms with van der Waals surface area (Å²) in [4.78, 5) is 19.4. The number of rotatable bonds is 4. The number of hydrogen-bond donors (Lipinski definition) is 2. The molecule has 1 aromatic heterocycles. The SMILES string of the molecule is O=C(NC1CCC(O)CC1)C1CCCN(c2ccc(-c3ccccc3F)cn2)C1. The van der Waals surface area contributed by atoms with E-state index in [1.54, 1.807) is 18.3 Å². The molecule has 2 fully saturated rings. The molecule has 1 amide bonds. The zero-order valence-corrected chi connectivity index (χ0v) is 16.6. The Balaban J connectivity index is 1.38. The first-order valence-electron chi connectivity index (χ1n) is 10.5. The summed E-state index contributed by atoms with van der Waals surface area (Å²) in [5, 5.41) is 12.8. The average Bonchev–Trinajstić information content (AvgIpc) is 2.76. The van der Waals surface area contributed by atoms with Gasteiger partial charge in [0.05, 0.1) is 12.0 Å². The van der Waals surface area contributed by atoms with Gasteiger partial charge in [0, 0.05) is 36.5 Å². The van der Waals surface area contributed by atoms with Gasteiger partial charge < -0.3 is 15.3 Å². The Kier molecular flexibility index (Phi) is 6.09. The number of nitrogens with one attached hydrogen (secondary N) is 1. The third kappa shape index (κ3) is 4.75. The Hall–Kier alpha value is -2.47. The van der Waals surface area contributed by atoms with Gasteiger partial charge in [0.1, 0.15) is 11.6 Å². The monoisotopic (exact) mass is 397 g/mol. The van der Waals surface area contributed by atoms with E-state index >= 15 is 0 Å². The molecule has 0 spiro atoms. The van der Waals surface area contributed by atoms with E-state index in [1.807, 2.05) is 18.2 Å². The number of carbonyl (C=O) groups excluding carboxylic acids is 1. The Morgan fingerprint density at radius 2 is 1.90 bits per heavy atom. The third-order valence-corrected chi connectivity index (χ3v) is 6.09. The number of amides is 1. The van der Waals surface area contributed by atoms with Crippen molar-refractivity contribution in [1.29, 1.82) is 0 Å². The minimum atomic E-state index is -0.257. The van der Waals surface area contributed by atoms with Gasteiger partial charge in [-0.1, -0.05) is 18.2 Å². The van der Waals surface area contributed by atoms with Gasteiger partial charge in [-0.2, -0.15) is 0 Å². The maximum atomic E-state index is 14.0. The van der Waals surface area contributed by atoms with E-state index in [2.05, 4.69) is 15.2 Å². The molecule has 1 atom stereocenters. The highest BCUT2D eigenvalue weighted by atomic mass is 19.1. The van der Waals surface area contributed by atoms with Crippen molar-refractivity contribution in [2.24, 2.45) is 5.92 Å². The molecule has 2 N–H and O–H groups in total. The molecule has 1 saturated heterocycles. The first-order chi connectivity index (χ1) is 14.1. The third-order valence-electron chi connectivity index (χ3n) is 6.09. The number of aromatic nitrogens is 1. The first-order valence-corrected chi connectivity index (χ1v) is 10.5. The molecule has 2 heterocycles. The molecular weight excluding hydrogens is 369 g/mol. The number of piperidine rings is 1. The number of nitrogens with zero attached hydrogens (tertiary/aromatic N) is 2. The lowest BCUT2D eigenvalue weighted by atomic mass is 9.91. The number of hydrogen-bond acceptors (Lipinski definition) is 4. The van der Waals surface area contributed by atoms with Crippen molar-refractivity contribution in [2.75, 3.05) is 18.0 Å². The van der Waals surface area contributed by atoms with Gasteiger partial charge >= 0.3 is 0 Å². The highest BCUT2D eigenvalue weighted by Gasteiger charge is 2.29. The number of aliphatic hydroxyl groups excluding tert-OH is 1. The van der Waals surface area contributed by atoms with E-state index in [1.165, 1.54) is 6.07 Å². The molecule has 0 radical (unpaired) electrons. The first kappa shape index (κ1) is 19.8. The zero-order valence-electron chi connectivity index (χ0n) is 16.6. The number of anilines is 1. The summed E-state index contributed by atoms with van der Waals surface area (Å²) in [6.07, 6.45) is 6.53. The van der Waals surface area contributed by atoms with Crippen LogP contribution in [0.15, 0.2) is 42.6 Å². The standard InChI is InChI=1S/C23H28FN3O2/c24-21-6-2-1-5-20(21)16-7-12-22(25-14-16)27-13-3-4-17(15-27)23(29)26-18-8-10-19(28)11-9-18/h1-2,5-7,12,14,17-19,28H,3-4,8-11,13,15H2,(H,26,29). The zero-order chi connectivity index (χ0) is 20.2. The molecule has 1 saturated carbocycles. The summed E-state index contributed by atoms with van der Waals surface area (Å²) in [6.45, 7) is 1.51. The predicted molar refractivity (Wildman–Crippen MR) is 111 cm³/mol. The molecule has 4 rings (SSSR count). The molecule has 1 aliphatic heterocycles. The lowest BCUT2D eigenvalue weighted by Crippen LogP contribution is -2.47. The Morgan fingerprint density at radius 1 is 1.10 bits per heavy atom. The average molecular weight is 397 g/mol. The number of aliphatic hydroxyl groups is 1. The van der Waals surface area contributed by atoms with Crippen LogP contribution in [0, 0.1) is 11.7 Å². The number of pyridine rings is 1. The van der Waals surface area contributed by atoms with Crippen LogP contribution in [0.2, 0.25) is 0 Å². The van der Waals surface area contributed by atoms with E-state index < -0.39 is 0 Å². The maximum Gasteiger partial charge on any atom is 0.225 e. The van der Waals surface area contributed by atoms with Crippen molar-refractivity contribution < 1.29 is 14.3 Å². The van der Waals surface area contributed by atoms with Gasteiger partial charge in [-0.15, -0.1) is 0 Å². The van der Waals surface area contributed by atoms with Gasteiger partial charge in [0.2, 0.25) is 5.91 Å². The second kappa shape index (κ2) is 8.91. The summed E-state index contributed by atoms with van der Waals surface area (Å²) in [5.41, 5.74) is 1.29. The van der Waals surface area contributed by atoms with Crippen LogP contribution >= 0.6 is 0 Å². The molecule has 154 valence electrons. The highest BCUT2D eigenvalue weighted by Crippen LogP contribution is 2.27. The van der Waals surface area contributed by atoms with E-state index in [0.29, 0.717) is 12.1 Å². The van der Waals surface area contributed by atoms with Crippen molar-refractivity contribution in [3.63, 3.8) is 0 Å². The Bertz CT molecular complexity index is 834. The van der Waals surface area contributed by atoms with E-state index in [-0.39, 0.29) is 29.8 Å². The Morgan fingerprint density at radius 3 is 2.62 bits per heavy atom. The van der Waals surface area contributed by atoms with Crippen LogP contribution in [-0.2, 0) is 4.79 Å². The molecule has 1 aliphatic carbocycles. The normalized spacial score (nSPS) is 24.9. The van der Waals surface area contributed by atoms with Crippen molar-refractivity contribution in [3.8, 4) is 11.1 Å². The van der Waals surface area contributed by atoms with Crippen molar-refractivity contribution in [1.82, 2.24) is 10.3 Å². The number of halogens is 1. The summed E-state index contributed by atoms with van der Waals surface area (Å²) in [7, 11) is 0. The van der Waals surface area contributed by atoms with Crippen LogP contribution in [0.25, 0.3) is 11.1 Å². The van der Waals surface area contributed by atoms with E-state index in [9.17, 15) is 14.3 Å². The molecular formula is C23H28FN3O2. The minimum absolute atomic E-state index is 0.0522. The largest absolute Gasteiger partial charge is 0.393 e. The fourth-order valence-corrected chi connectivity index (χ4v) is 4.37. The van der Waals surface area contributed by atoms with Gasteiger partial charge in [0.25, 0.3) is 0 Å². The quantitative estimate of drug-likeness (QED) is 0.829. The van der Waals surface area contributed by atoms with Crippen molar-refractivity contribution >= 4 is 11.7 Å². The molecule has 29 heavy (non-hydrogen) atoms. The molecule has 6 heteroatoms. The van der Waals surface area contributed by atoms with Crippen molar-refractivity contribution in [3.05, 3.63) is 48.4 Å². The smallest absolute Gasteiger partial charge is 0.225 e. The molecule has 2 aliphatic rings. The predicted octanol–water partition coefficient (Wildman–Crippen LogP) is 3.52. The molecule has 2 aromatic rings. The molecule has 1 aromatic carbocycles. The van der Waals surface area contributed by atoms with E-state index in [4.69, 9.17) is 0 Å². The van der Waals surface area contributed by atoms with Gasteiger partial charge in [-0.05, 0) is 56.7 Å². The summed E-state index contributed by atoms with van der Waals surface area (Å²) in [6, 6.07) is 10.7. The highest BCUT2D eigenvalue weighted by molar-refractivity contribution is 5.80. The van der Waals surface area contributed by atoms with Gasteiger partial charge in [-0.25, -0.2) is 9.37 Å². The fraction of sp³-hybridized carbons (Fsp3) is 0.478. The maximum absolute atomic E-state index is 14.0.